The Morgan fingerprint density at radius 3 is 2.20 bits per heavy atom. The molecule has 10 heteroatoms. The van der Waals surface area contributed by atoms with Crippen molar-refractivity contribution >= 4 is 26.0 Å². The van der Waals surface area contributed by atoms with E-state index < -0.39 is 32.1 Å². The van der Waals surface area contributed by atoms with Gasteiger partial charge in [-0.05, 0) is 43.4 Å². The summed E-state index contributed by atoms with van der Waals surface area (Å²) >= 11 is 0. The van der Waals surface area contributed by atoms with Crippen LogP contribution >= 0.6 is 0 Å². The zero-order valence-electron chi connectivity index (χ0n) is 14.0. The van der Waals surface area contributed by atoms with Gasteiger partial charge in [0.15, 0.2) is 0 Å². The highest BCUT2D eigenvalue weighted by molar-refractivity contribution is 7.90. The maximum absolute atomic E-state index is 12.5. The molecule has 25 heavy (non-hydrogen) atoms. The zero-order valence-corrected chi connectivity index (χ0v) is 15.6. The van der Waals surface area contributed by atoms with Gasteiger partial charge in [-0.15, -0.1) is 0 Å². The number of aliphatic carboxylic acids is 1. The molecule has 0 spiro atoms. The molecule has 1 unspecified atom stereocenters. The predicted octanol–water partition coefficient (Wildman–Crippen LogP) is 0.905. The number of hydrogen-bond donors (Lipinski definition) is 3. The van der Waals surface area contributed by atoms with Gasteiger partial charge in [0.2, 0.25) is 20.0 Å². The lowest BCUT2D eigenvalue weighted by Gasteiger charge is -2.17. The molecule has 0 aliphatic heterocycles. The molecule has 0 saturated heterocycles. The molecule has 1 fully saturated rings. The first kappa shape index (κ1) is 19.8. The Balaban J connectivity index is 2.27. The lowest BCUT2D eigenvalue weighted by Crippen LogP contribution is -2.41. The van der Waals surface area contributed by atoms with E-state index in [1.54, 1.807) is 13.8 Å². The number of rotatable bonds is 9. The second kappa shape index (κ2) is 7.40. The first-order valence-electron chi connectivity index (χ1n) is 7.89. The summed E-state index contributed by atoms with van der Waals surface area (Å²) in [5, 5.41) is 9.19. The summed E-state index contributed by atoms with van der Waals surface area (Å²) in [4.78, 5) is 10.8. The van der Waals surface area contributed by atoms with Gasteiger partial charge >= 0.3 is 5.97 Å². The van der Waals surface area contributed by atoms with Crippen molar-refractivity contribution in [1.82, 2.24) is 9.44 Å². The van der Waals surface area contributed by atoms with E-state index in [9.17, 15) is 26.7 Å². The molecule has 1 aliphatic carbocycles. The fourth-order valence-electron chi connectivity index (χ4n) is 2.22. The average Bonchev–Trinajstić information content (AvgIpc) is 3.29. The molecule has 1 aliphatic rings. The van der Waals surface area contributed by atoms with Gasteiger partial charge in [0.05, 0.1) is 9.79 Å². The summed E-state index contributed by atoms with van der Waals surface area (Å²) in [6.45, 7) is 3.56. The number of carboxylic acids is 1. The van der Waals surface area contributed by atoms with Crippen molar-refractivity contribution in [2.24, 2.45) is 5.92 Å². The summed E-state index contributed by atoms with van der Waals surface area (Å²) in [6, 6.07) is 3.48. The van der Waals surface area contributed by atoms with E-state index in [2.05, 4.69) is 9.44 Å². The molecule has 8 nitrogen and oxygen atoms in total. The summed E-state index contributed by atoms with van der Waals surface area (Å²) in [5.41, 5.74) is 0. The van der Waals surface area contributed by atoms with Crippen LogP contribution in [-0.4, -0.2) is 40.0 Å². The third-order valence-corrected chi connectivity index (χ3v) is 6.62. The van der Waals surface area contributed by atoms with Gasteiger partial charge in [0, 0.05) is 6.04 Å². The standard InChI is InChI=1S/C15H22N2O6S2/c1-10(2)8-14(15(18)19)17-25(22,23)13-5-3-4-12(9-13)24(20,21)16-11-6-7-11/h3-5,9-11,14,16-17H,6-8H2,1-2H3,(H,18,19). The molecule has 140 valence electrons. The predicted molar refractivity (Wildman–Crippen MR) is 91.0 cm³/mol. The molecule has 0 radical (unpaired) electrons. The molecule has 1 aromatic carbocycles. The number of hydrogen-bond acceptors (Lipinski definition) is 5. The number of benzene rings is 1. The third kappa shape index (κ3) is 5.50. The molecule has 3 N–H and O–H groups in total. The van der Waals surface area contributed by atoms with E-state index in [1.807, 2.05) is 0 Å². The van der Waals surface area contributed by atoms with E-state index in [0.29, 0.717) is 0 Å². The highest BCUT2D eigenvalue weighted by atomic mass is 32.2. The summed E-state index contributed by atoms with van der Waals surface area (Å²) in [6.07, 6.45) is 1.64. The third-order valence-electron chi connectivity index (χ3n) is 3.63. The quantitative estimate of drug-likeness (QED) is 0.574. The minimum Gasteiger partial charge on any atom is -0.480 e. The van der Waals surface area contributed by atoms with E-state index >= 15 is 0 Å². The lowest BCUT2D eigenvalue weighted by atomic mass is 10.1. The Labute approximate surface area is 147 Å². The number of carboxylic acid groups (broad SMARTS) is 1. The van der Waals surface area contributed by atoms with Crippen LogP contribution in [0.5, 0.6) is 0 Å². The van der Waals surface area contributed by atoms with Gasteiger partial charge in [-0.3, -0.25) is 4.79 Å². The van der Waals surface area contributed by atoms with E-state index in [4.69, 9.17) is 0 Å². The SMILES string of the molecule is CC(C)CC(NS(=O)(=O)c1cccc(S(=O)(=O)NC2CC2)c1)C(=O)O. The van der Waals surface area contributed by atoms with Gasteiger partial charge in [-0.1, -0.05) is 19.9 Å². The minimum absolute atomic E-state index is 0.0294. The molecule has 0 aromatic heterocycles. The average molecular weight is 390 g/mol. The van der Waals surface area contributed by atoms with Crippen molar-refractivity contribution in [2.45, 2.75) is 55.0 Å². The van der Waals surface area contributed by atoms with Crippen molar-refractivity contribution in [2.75, 3.05) is 0 Å². The fourth-order valence-corrected chi connectivity index (χ4v) is 4.90. The molecule has 2 rings (SSSR count). The maximum atomic E-state index is 12.5. The van der Waals surface area contributed by atoms with E-state index in [-0.39, 0.29) is 28.2 Å². The summed E-state index contributed by atoms with van der Waals surface area (Å²) in [7, 11) is -7.97. The fraction of sp³-hybridized carbons (Fsp3) is 0.533. The van der Waals surface area contributed by atoms with Gasteiger partial charge < -0.3 is 5.11 Å². The topological polar surface area (TPSA) is 130 Å². The normalized spacial score (nSPS) is 16.8. The monoisotopic (exact) mass is 390 g/mol. The molecule has 0 heterocycles. The van der Waals surface area contributed by atoms with Crippen LogP contribution in [-0.2, 0) is 24.8 Å². The molecule has 0 amide bonds. The van der Waals surface area contributed by atoms with Crippen LogP contribution in [0.15, 0.2) is 34.1 Å². The maximum Gasteiger partial charge on any atom is 0.321 e. The Bertz CT molecular complexity index is 845. The van der Waals surface area contributed by atoms with Gasteiger partial charge in [0.25, 0.3) is 0 Å². The van der Waals surface area contributed by atoms with Gasteiger partial charge in [-0.2, -0.15) is 4.72 Å². The van der Waals surface area contributed by atoms with Crippen LogP contribution in [0.2, 0.25) is 0 Å². The number of carbonyl (C=O) groups is 1. The Morgan fingerprint density at radius 1 is 1.16 bits per heavy atom. The lowest BCUT2D eigenvalue weighted by molar-refractivity contribution is -0.139. The second-order valence-electron chi connectivity index (χ2n) is 6.51. The van der Waals surface area contributed by atoms with Crippen molar-refractivity contribution < 1.29 is 26.7 Å². The highest BCUT2D eigenvalue weighted by Gasteiger charge is 2.30. The van der Waals surface area contributed by atoms with Crippen LogP contribution in [0.25, 0.3) is 0 Å². The summed E-state index contributed by atoms with van der Waals surface area (Å²) < 4.78 is 53.9. The van der Waals surface area contributed by atoms with Crippen LogP contribution < -0.4 is 9.44 Å². The van der Waals surface area contributed by atoms with Crippen LogP contribution in [0.4, 0.5) is 0 Å². The first-order chi connectivity index (χ1) is 11.5. The molecule has 0 bridgehead atoms. The summed E-state index contributed by atoms with van der Waals surface area (Å²) in [5.74, 6) is -1.31. The highest BCUT2D eigenvalue weighted by Crippen LogP contribution is 2.23. The van der Waals surface area contributed by atoms with E-state index in [0.717, 1.165) is 18.9 Å². The zero-order chi connectivity index (χ0) is 18.8. The first-order valence-corrected chi connectivity index (χ1v) is 10.9. The van der Waals surface area contributed by atoms with Gasteiger partial charge in [-0.25, -0.2) is 21.6 Å². The number of sulfonamides is 2. The largest absolute Gasteiger partial charge is 0.480 e. The molecule has 1 atom stereocenters. The van der Waals surface area contributed by atoms with E-state index in [1.165, 1.54) is 18.2 Å². The van der Waals surface area contributed by atoms with Crippen molar-refractivity contribution in [3.05, 3.63) is 24.3 Å². The molecule has 1 aromatic rings. The molecular formula is C15H22N2O6S2. The Kier molecular flexibility index (Phi) is 5.87. The Morgan fingerprint density at radius 2 is 1.72 bits per heavy atom. The van der Waals surface area contributed by atoms with Crippen molar-refractivity contribution in [1.29, 1.82) is 0 Å². The minimum atomic E-state index is -4.17. The Hall–Kier alpha value is -1.49. The smallest absolute Gasteiger partial charge is 0.321 e. The van der Waals surface area contributed by atoms with Crippen LogP contribution in [0.1, 0.15) is 33.1 Å². The van der Waals surface area contributed by atoms with Crippen molar-refractivity contribution in [3.63, 3.8) is 0 Å². The van der Waals surface area contributed by atoms with Crippen molar-refractivity contribution in [3.8, 4) is 0 Å². The molecular weight excluding hydrogens is 368 g/mol. The van der Waals surface area contributed by atoms with Crippen LogP contribution in [0.3, 0.4) is 0 Å². The van der Waals surface area contributed by atoms with Gasteiger partial charge in [0.1, 0.15) is 6.04 Å². The van der Waals surface area contributed by atoms with Crippen LogP contribution in [0, 0.1) is 5.92 Å². The number of nitrogens with one attached hydrogen (secondary N) is 2. The molecule has 1 saturated carbocycles. The second-order valence-corrected chi connectivity index (χ2v) is 9.94.